The molecule has 1 fully saturated rings. The Morgan fingerprint density at radius 3 is 2.23 bits per heavy atom. The number of rotatable bonds is 5. The molecule has 10 heteroatoms. The van der Waals surface area contributed by atoms with Crippen LogP contribution in [0.2, 0.25) is 0 Å². The summed E-state index contributed by atoms with van der Waals surface area (Å²) in [6.07, 6.45) is 0. The number of nitro benzene ring substituents is 1. The van der Waals surface area contributed by atoms with Crippen molar-refractivity contribution >= 4 is 28.9 Å². The molecule has 0 spiro atoms. The highest BCUT2D eigenvalue weighted by Crippen LogP contribution is 2.40. The fourth-order valence-corrected chi connectivity index (χ4v) is 3.66. The summed E-state index contributed by atoms with van der Waals surface area (Å²) in [6, 6.07) is 7.30. The summed E-state index contributed by atoms with van der Waals surface area (Å²) in [5.41, 5.74) is 0.415. The number of anilines is 2. The number of amides is 2. The molecule has 0 unspecified atom stereocenters. The standard InChI is InChI=1S/C20H19N3O7/c1-28-12-3-4-15(18(9-12)29-2)22-19(24)13-10-16(21-5-7-30-8-6-21)17(23(26)27)11-14(13)20(22)25/h3-4,9-11H,5-8H2,1-2H3. The molecule has 2 aliphatic heterocycles. The van der Waals surface area contributed by atoms with E-state index in [-0.39, 0.29) is 28.3 Å². The molecule has 0 aliphatic carbocycles. The van der Waals surface area contributed by atoms with Gasteiger partial charge < -0.3 is 19.1 Å². The summed E-state index contributed by atoms with van der Waals surface area (Å²) in [5, 5.41) is 11.7. The molecule has 2 amide bonds. The van der Waals surface area contributed by atoms with Crippen LogP contribution in [0, 0.1) is 10.1 Å². The number of nitro groups is 1. The quantitative estimate of drug-likeness (QED) is 0.417. The van der Waals surface area contributed by atoms with Gasteiger partial charge in [-0.25, -0.2) is 4.90 Å². The van der Waals surface area contributed by atoms with Gasteiger partial charge in [0.15, 0.2) is 0 Å². The van der Waals surface area contributed by atoms with E-state index in [2.05, 4.69) is 0 Å². The van der Waals surface area contributed by atoms with E-state index in [1.165, 1.54) is 32.4 Å². The van der Waals surface area contributed by atoms with Crippen LogP contribution in [0.5, 0.6) is 11.5 Å². The second-order valence-corrected chi connectivity index (χ2v) is 6.73. The Kier molecular flexibility index (Phi) is 5.00. The molecule has 4 rings (SSSR count). The van der Waals surface area contributed by atoms with Crippen molar-refractivity contribution in [2.75, 3.05) is 50.3 Å². The monoisotopic (exact) mass is 413 g/mol. The third-order valence-electron chi connectivity index (χ3n) is 5.16. The molecule has 0 aromatic heterocycles. The molecule has 0 radical (unpaired) electrons. The predicted octanol–water partition coefficient (Wildman–Crippen LogP) is 2.25. The lowest BCUT2D eigenvalue weighted by Gasteiger charge is -2.28. The minimum atomic E-state index is -0.643. The molecule has 2 aromatic carbocycles. The average molecular weight is 413 g/mol. The lowest BCUT2D eigenvalue weighted by Crippen LogP contribution is -2.36. The van der Waals surface area contributed by atoms with Gasteiger partial charge in [-0.2, -0.15) is 0 Å². The first-order valence-electron chi connectivity index (χ1n) is 9.22. The second kappa shape index (κ2) is 7.64. The number of carbonyl (C=O) groups is 2. The third kappa shape index (κ3) is 3.11. The average Bonchev–Trinajstić information content (AvgIpc) is 3.02. The van der Waals surface area contributed by atoms with Crippen molar-refractivity contribution in [2.24, 2.45) is 0 Å². The van der Waals surface area contributed by atoms with Gasteiger partial charge in [0.2, 0.25) is 0 Å². The molecular weight excluding hydrogens is 394 g/mol. The van der Waals surface area contributed by atoms with Crippen molar-refractivity contribution in [3.63, 3.8) is 0 Å². The number of imide groups is 1. The largest absolute Gasteiger partial charge is 0.497 e. The Hall–Kier alpha value is -3.66. The molecule has 2 aromatic rings. The minimum Gasteiger partial charge on any atom is -0.497 e. The van der Waals surface area contributed by atoms with Gasteiger partial charge in [-0.15, -0.1) is 0 Å². The van der Waals surface area contributed by atoms with Crippen LogP contribution in [0.1, 0.15) is 20.7 Å². The predicted molar refractivity (Wildman–Crippen MR) is 107 cm³/mol. The van der Waals surface area contributed by atoms with Gasteiger partial charge in [0.25, 0.3) is 17.5 Å². The molecule has 30 heavy (non-hydrogen) atoms. The Bertz CT molecular complexity index is 1050. The molecular formula is C20H19N3O7. The number of nitrogens with zero attached hydrogens (tertiary/aromatic N) is 3. The lowest BCUT2D eigenvalue weighted by atomic mass is 10.1. The highest BCUT2D eigenvalue weighted by molar-refractivity contribution is 6.35. The summed E-state index contributed by atoms with van der Waals surface area (Å²) >= 11 is 0. The second-order valence-electron chi connectivity index (χ2n) is 6.73. The van der Waals surface area contributed by atoms with Gasteiger partial charge in [0.1, 0.15) is 17.2 Å². The smallest absolute Gasteiger partial charge is 0.293 e. The van der Waals surface area contributed by atoms with Crippen LogP contribution in [0.3, 0.4) is 0 Å². The normalized spacial score (nSPS) is 15.9. The lowest BCUT2D eigenvalue weighted by molar-refractivity contribution is -0.384. The van der Waals surface area contributed by atoms with Crippen molar-refractivity contribution in [2.45, 2.75) is 0 Å². The highest BCUT2D eigenvalue weighted by atomic mass is 16.6. The van der Waals surface area contributed by atoms with E-state index < -0.39 is 16.7 Å². The first kappa shape index (κ1) is 19.6. The van der Waals surface area contributed by atoms with Gasteiger partial charge >= 0.3 is 0 Å². The maximum Gasteiger partial charge on any atom is 0.293 e. The van der Waals surface area contributed by atoms with Crippen LogP contribution in [0.25, 0.3) is 0 Å². The zero-order valence-electron chi connectivity index (χ0n) is 16.4. The van der Waals surface area contributed by atoms with Crippen LogP contribution in [0.15, 0.2) is 30.3 Å². The van der Waals surface area contributed by atoms with Gasteiger partial charge in [-0.05, 0) is 18.2 Å². The van der Waals surface area contributed by atoms with E-state index in [0.717, 1.165) is 4.90 Å². The van der Waals surface area contributed by atoms with Crippen molar-refractivity contribution in [3.05, 3.63) is 51.6 Å². The third-order valence-corrected chi connectivity index (χ3v) is 5.16. The fourth-order valence-electron chi connectivity index (χ4n) is 3.66. The highest BCUT2D eigenvalue weighted by Gasteiger charge is 2.41. The van der Waals surface area contributed by atoms with Gasteiger partial charge in [-0.1, -0.05) is 0 Å². The topological polar surface area (TPSA) is 111 Å². The summed E-state index contributed by atoms with van der Waals surface area (Å²) in [5.74, 6) is -0.442. The van der Waals surface area contributed by atoms with Crippen LogP contribution >= 0.6 is 0 Å². The van der Waals surface area contributed by atoms with E-state index in [1.54, 1.807) is 17.0 Å². The Balaban J connectivity index is 1.81. The molecule has 1 saturated heterocycles. The molecule has 0 atom stereocenters. The summed E-state index contributed by atoms with van der Waals surface area (Å²) < 4.78 is 15.8. The van der Waals surface area contributed by atoms with E-state index in [9.17, 15) is 19.7 Å². The number of hydrogen-bond donors (Lipinski definition) is 0. The number of fused-ring (bicyclic) bond motifs is 1. The molecule has 0 bridgehead atoms. The van der Waals surface area contributed by atoms with Crippen molar-refractivity contribution < 1.29 is 28.7 Å². The van der Waals surface area contributed by atoms with Crippen LogP contribution in [-0.2, 0) is 4.74 Å². The number of morpholine rings is 1. The van der Waals surface area contributed by atoms with E-state index in [0.29, 0.717) is 37.7 Å². The SMILES string of the molecule is COc1ccc(N2C(=O)c3cc(N4CCOCC4)c([N+](=O)[O-])cc3C2=O)c(OC)c1. The van der Waals surface area contributed by atoms with Gasteiger partial charge in [0.05, 0.1) is 49.2 Å². The number of methoxy groups -OCH3 is 2. The van der Waals surface area contributed by atoms with Crippen molar-refractivity contribution in [1.29, 1.82) is 0 Å². The molecule has 0 N–H and O–H groups in total. The Labute approximate surface area is 171 Å². The minimum absolute atomic E-state index is 0.0124. The van der Waals surface area contributed by atoms with Crippen molar-refractivity contribution in [1.82, 2.24) is 0 Å². The Morgan fingerprint density at radius 2 is 1.63 bits per heavy atom. The first-order valence-corrected chi connectivity index (χ1v) is 9.22. The maximum absolute atomic E-state index is 13.2. The van der Waals surface area contributed by atoms with E-state index in [4.69, 9.17) is 14.2 Å². The van der Waals surface area contributed by atoms with Gasteiger partial charge in [0, 0.05) is 25.2 Å². The van der Waals surface area contributed by atoms with Crippen LogP contribution in [0.4, 0.5) is 17.1 Å². The van der Waals surface area contributed by atoms with Crippen LogP contribution in [-0.4, -0.2) is 57.3 Å². The molecule has 2 heterocycles. The molecule has 0 saturated carbocycles. The summed E-state index contributed by atoms with van der Waals surface area (Å²) in [6.45, 7) is 1.77. The number of benzene rings is 2. The number of hydrogen-bond acceptors (Lipinski definition) is 8. The fraction of sp³-hybridized carbons (Fsp3) is 0.300. The first-order chi connectivity index (χ1) is 14.5. The number of carbonyl (C=O) groups excluding carboxylic acids is 2. The molecule has 156 valence electrons. The maximum atomic E-state index is 13.2. The van der Waals surface area contributed by atoms with Crippen LogP contribution < -0.4 is 19.3 Å². The molecule has 10 nitrogen and oxygen atoms in total. The zero-order chi connectivity index (χ0) is 21.4. The van der Waals surface area contributed by atoms with Crippen molar-refractivity contribution in [3.8, 4) is 11.5 Å². The number of ether oxygens (including phenoxy) is 3. The summed E-state index contributed by atoms with van der Waals surface area (Å²) in [4.78, 5) is 40.1. The van der Waals surface area contributed by atoms with E-state index >= 15 is 0 Å². The van der Waals surface area contributed by atoms with Gasteiger partial charge in [-0.3, -0.25) is 19.7 Å². The van der Waals surface area contributed by atoms with E-state index in [1.807, 2.05) is 0 Å². The molecule has 2 aliphatic rings. The zero-order valence-corrected chi connectivity index (χ0v) is 16.4. The summed E-state index contributed by atoms with van der Waals surface area (Å²) in [7, 11) is 2.90. The Morgan fingerprint density at radius 1 is 0.967 bits per heavy atom.